The molecule has 136 heavy (non-hydrogen) atoms. The zero-order chi connectivity index (χ0) is 91.0. The van der Waals surface area contributed by atoms with Gasteiger partial charge in [-0.1, -0.05) is 109 Å². The van der Waals surface area contributed by atoms with Crippen LogP contribution in [0.3, 0.4) is 0 Å². The highest BCUT2D eigenvalue weighted by atomic mass is 79.9. The molecule has 0 N–H and O–H groups in total. The van der Waals surface area contributed by atoms with Gasteiger partial charge < -0.3 is 136 Å². The summed E-state index contributed by atoms with van der Waals surface area (Å²) in [6.07, 6.45) is 69.9. The fraction of sp³-hybridized carbons (Fsp3) is 0.433. The highest BCUT2D eigenvalue weighted by Gasteiger charge is 2.14. The maximum atomic E-state index is 3.34. The van der Waals surface area contributed by atoms with Crippen molar-refractivity contribution < 1.29 is 172 Å². The number of benzene rings is 4. The molecule has 0 aliphatic rings. The van der Waals surface area contributed by atoms with Crippen LogP contribution in [0.15, 0.2) is 245 Å². The van der Waals surface area contributed by atoms with Crippen molar-refractivity contribution in [1.29, 1.82) is 0 Å². The largest absolute Gasteiger partial charge is 1.00 e. The Morgan fingerprint density at radius 2 is 0.397 bits per heavy atom. The number of pyridine rings is 8. The first-order chi connectivity index (χ1) is 62.0. The third-order valence-corrected chi connectivity index (χ3v) is 25.0. The average molecular weight is 2350 g/mol. The number of rotatable bonds is 42. The van der Waals surface area contributed by atoms with Crippen LogP contribution in [-0.4, -0.2) is 0 Å². The van der Waals surface area contributed by atoms with Crippen LogP contribution >= 0.6 is 0 Å². The topological polar surface area (TPSA) is 31.0 Å². The van der Waals surface area contributed by atoms with E-state index in [0.717, 1.165) is 89.2 Å². The predicted octanol–water partition coefficient (Wildman–Crippen LogP) is 0.155. The fourth-order valence-electron chi connectivity index (χ4n) is 17.5. The lowest BCUT2D eigenvalue weighted by Gasteiger charge is -2.09. The van der Waals surface area contributed by atoms with Gasteiger partial charge in [0.25, 0.3) is 0 Å². The van der Waals surface area contributed by atoms with Crippen LogP contribution in [-0.2, 0) is 90.9 Å². The third-order valence-electron chi connectivity index (χ3n) is 25.0. The van der Waals surface area contributed by atoms with Gasteiger partial charge in [0.2, 0.25) is 0 Å². The van der Waals surface area contributed by atoms with Crippen LogP contribution in [0.1, 0.15) is 275 Å². The molecular formula is C120H160Br8N8. The summed E-state index contributed by atoms with van der Waals surface area (Å²) < 4.78 is 18.6. The van der Waals surface area contributed by atoms with Gasteiger partial charge in [0.05, 0.1) is 0 Å². The molecule has 4 aromatic carbocycles. The van der Waals surface area contributed by atoms with Crippen molar-refractivity contribution in [2.45, 2.75) is 343 Å². The van der Waals surface area contributed by atoms with Gasteiger partial charge in [-0.2, -0.15) is 0 Å². The standard InChI is InChI=1S/2C30H42N2.C30H34N2.C30H42N2.8BrH/c1-25-17-21-31(23-27(25)3)19-11-5-7-13-29-15-9-10-16-30(29)14-8-6-12-20-32-22-18-26(2)28(4)24-32;2*1-25-19-26(2)22-31(21-25)17-11-5-7-13-29-15-9-10-16-30(29)14-8-6-12-18-32-23-27(3)20-28(4)24-32;1-25-16-20-31(23-27(25)3)18-9-5-7-12-29-14-11-15-30(22-29)13-8-6-10-19-32-21-17-26(2)28(4)24-32;;;;;;;;/h9-10,15-18,21-24H,5-8,11-14,19-20H2,1-4H3;9-10,15-16,19-24H,5-8,11-14,17-18H2,1-4H3;9-10,15-16,19-24H,5-6,11-12,17-18H2,1-4H3;11,14-17,20-24H,5-10,12-13,18-19H2,1-4H3;8*1H/q4*+2;;;;;;;;/p-8. The van der Waals surface area contributed by atoms with Gasteiger partial charge in [-0.25, -0.2) is 36.5 Å². The molecular weight excluding hydrogens is 2190 g/mol. The maximum Gasteiger partial charge on any atom is 0.171 e. The first-order valence-corrected chi connectivity index (χ1v) is 49.1. The molecule has 0 aliphatic carbocycles. The second-order valence-electron chi connectivity index (χ2n) is 37.3. The molecule has 0 aliphatic heterocycles. The van der Waals surface area contributed by atoms with Crippen molar-refractivity contribution in [3.05, 3.63) is 378 Å². The number of hydrogen-bond acceptors (Lipinski definition) is 0. The Kier molecular flexibility index (Phi) is 67.6. The molecule has 0 saturated heterocycles. The number of aryl methyl sites for hydroxylation is 30. The van der Waals surface area contributed by atoms with Crippen molar-refractivity contribution in [3.63, 3.8) is 0 Å². The van der Waals surface area contributed by atoms with Gasteiger partial charge in [0.15, 0.2) is 99.1 Å². The molecule has 0 fully saturated rings. The fourth-order valence-corrected chi connectivity index (χ4v) is 17.5. The summed E-state index contributed by atoms with van der Waals surface area (Å²) in [6.45, 7) is 43.6. The van der Waals surface area contributed by atoms with Crippen molar-refractivity contribution in [2.75, 3.05) is 0 Å². The van der Waals surface area contributed by atoms with E-state index in [1.165, 1.54) is 254 Å². The zero-order valence-corrected chi connectivity index (χ0v) is 97.8. The van der Waals surface area contributed by atoms with E-state index in [9.17, 15) is 0 Å². The van der Waals surface area contributed by atoms with Gasteiger partial charge in [-0.3, -0.25) is 0 Å². The maximum absolute atomic E-state index is 3.34. The summed E-state index contributed by atoms with van der Waals surface area (Å²) in [5, 5.41) is 0. The van der Waals surface area contributed by atoms with E-state index in [-0.39, 0.29) is 136 Å². The number of hydrogen-bond donors (Lipinski definition) is 0. The summed E-state index contributed by atoms with van der Waals surface area (Å²) >= 11 is 0. The van der Waals surface area contributed by atoms with Crippen LogP contribution in [0.5, 0.6) is 0 Å². The number of aromatic nitrogens is 8. The lowest BCUT2D eigenvalue weighted by atomic mass is 9.97. The lowest BCUT2D eigenvalue weighted by Crippen LogP contribution is -3.00. The normalized spacial score (nSPS) is 10.2. The summed E-state index contributed by atoms with van der Waals surface area (Å²) in [7, 11) is 0. The minimum absolute atomic E-state index is 0. The number of nitrogens with zero attached hydrogens (tertiary/aromatic N) is 8. The molecule has 0 atom stereocenters. The molecule has 8 heterocycles. The Balaban J connectivity index is 0.000000889. The van der Waals surface area contributed by atoms with Crippen molar-refractivity contribution in [1.82, 2.24) is 0 Å². The highest BCUT2D eigenvalue weighted by molar-refractivity contribution is 5.50. The summed E-state index contributed by atoms with van der Waals surface area (Å²) in [5.41, 5.74) is 33.0. The number of unbranched alkanes of at least 4 members (excludes halogenated alkanes) is 14. The van der Waals surface area contributed by atoms with Crippen molar-refractivity contribution >= 4 is 0 Å². The van der Waals surface area contributed by atoms with E-state index in [0.29, 0.717) is 0 Å². The Labute approximate surface area is 908 Å². The van der Waals surface area contributed by atoms with Gasteiger partial charge in [0.1, 0.15) is 52.4 Å². The molecule has 0 amide bonds. The second kappa shape index (κ2) is 72.3. The summed E-state index contributed by atoms with van der Waals surface area (Å²) in [4.78, 5) is 0. The van der Waals surface area contributed by atoms with E-state index >= 15 is 0 Å². The van der Waals surface area contributed by atoms with E-state index in [4.69, 9.17) is 0 Å². The van der Waals surface area contributed by atoms with E-state index in [1.54, 1.807) is 22.3 Å². The molecule has 0 spiro atoms. The quantitative estimate of drug-likeness (QED) is 0.0297. The molecule has 0 radical (unpaired) electrons. The van der Waals surface area contributed by atoms with Crippen molar-refractivity contribution in [3.8, 4) is 23.7 Å². The molecule has 0 unspecified atom stereocenters. The van der Waals surface area contributed by atoms with Gasteiger partial charge in [-0.05, 0) is 318 Å². The van der Waals surface area contributed by atoms with E-state index in [1.807, 2.05) is 12.1 Å². The Hall–Kier alpha value is -6.96. The summed E-state index contributed by atoms with van der Waals surface area (Å²) in [5.74, 6) is 13.4. The molecule has 16 heteroatoms. The Morgan fingerprint density at radius 3 is 0.632 bits per heavy atom. The summed E-state index contributed by atoms with van der Waals surface area (Å²) in [6, 6.07) is 53.5. The monoisotopic (exact) mass is 2340 g/mol. The molecule has 0 saturated carbocycles. The third kappa shape index (κ3) is 50.4. The van der Waals surface area contributed by atoms with Crippen LogP contribution in [0, 0.1) is 134 Å². The van der Waals surface area contributed by atoms with Crippen LogP contribution in [0.2, 0.25) is 0 Å². The minimum atomic E-state index is 0. The van der Waals surface area contributed by atoms with Crippen molar-refractivity contribution in [2.24, 2.45) is 0 Å². The smallest absolute Gasteiger partial charge is 0.171 e. The first kappa shape index (κ1) is 127. The minimum Gasteiger partial charge on any atom is -1.00 e. The Bertz CT molecular complexity index is 5140. The van der Waals surface area contributed by atoms with Crippen LogP contribution in [0.25, 0.3) is 0 Å². The van der Waals surface area contributed by atoms with Gasteiger partial charge in [-0.15, -0.1) is 0 Å². The van der Waals surface area contributed by atoms with Crippen LogP contribution in [0.4, 0.5) is 0 Å². The molecule has 0 bridgehead atoms. The lowest BCUT2D eigenvalue weighted by molar-refractivity contribution is -0.698. The van der Waals surface area contributed by atoms with E-state index in [2.05, 4.69) is 404 Å². The predicted molar refractivity (Wildman–Crippen MR) is 532 cm³/mol. The zero-order valence-electron chi connectivity index (χ0n) is 85.2. The molecule has 8 aromatic heterocycles. The Morgan fingerprint density at radius 1 is 0.184 bits per heavy atom. The van der Waals surface area contributed by atoms with E-state index < -0.39 is 0 Å². The highest BCUT2D eigenvalue weighted by Crippen LogP contribution is 2.21. The molecule has 736 valence electrons. The van der Waals surface area contributed by atoms with Crippen LogP contribution < -0.4 is 172 Å². The van der Waals surface area contributed by atoms with Gasteiger partial charge >= 0.3 is 0 Å². The first-order valence-electron chi connectivity index (χ1n) is 49.1. The molecule has 12 aromatic rings. The molecule has 8 nitrogen and oxygen atoms in total. The molecule has 12 rings (SSSR count). The van der Waals surface area contributed by atoms with Gasteiger partial charge in [0, 0.05) is 166 Å². The SMILES string of the molecule is Cc1cc(C)c[n+](CCCC#Cc2ccccc2C#CCCC[n+]2cc(C)cc(C)c2)c1.Cc1cc(C)c[n+](CCCCCc2ccccc2CCCCC[n+]2cc(C)cc(C)c2)c1.Cc1cc[n+](CCCCCc2cccc(CCCCC[n+]3ccc(C)c(C)c3)c2)cc1C.Cc1cc[n+](CCCCCc2ccccc2CCCCC[n+]2ccc(C)c(C)c2)cc1C.[Br-].[Br-].[Br-].[Br-].[Br-].[Br-].[Br-].[Br-]. The second-order valence-corrected chi connectivity index (χ2v) is 37.3. The average Bonchev–Trinajstić information content (AvgIpc) is 0.880. The number of halogens is 8.